The topological polar surface area (TPSA) is 23.5 Å². The molecule has 1 aliphatic heterocycles. The van der Waals surface area contributed by atoms with E-state index in [9.17, 15) is 0 Å². The maximum absolute atomic E-state index is 9.13. The smallest absolute Gasteiger partial charge is 0.0461 e. The summed E-state index contributed by atoms with van der Waals surface area (Å²) in [5.41, 5.74) is 0. The lowest BCUT2D eigenvalue weighted by atomic mass is 9.83. The van der Waals surface area contributed by atoms with E-state index < -0.39 is 0 Å². The van der Waals surface area contributed by atoms with Crippen LogP contribution in [0.15, 0.2) is 0 Å². The first-order chi connectivity index (χ1) is 5.77. The zero-order valence-electron chi connectivity index (χ0n) is 8.29. The Hall–Kier alpha value is -0.0800. The van der Waals surface area contributed by atoms with Crippen molar-refractivity contribution in [3.8, 4) is 0 Å². The number of hydrogen-bond acceptors (Lipinski definition) is 2. The summed E-state index contributed by atoms with van der Waals surface area (Å²) >= 11 is 0. The van der Waals surface area contributed by atoms with E-state index in [0.717, 1.165) is 12.3 Å². The summed E-state index contributed by atoms with van der Waals surface area (Å²) in [4.78, 5) is 2.38. The van der Waals surface area contributed by atoms with Crippen LogP contribution in [0.5, 0.6) is 0 Å². The van der Waals surface area contributed by atoms with Crippen molar-refractivity contribution in [2.75, 3.05) is 26.7 Å². The lowest BCUT2D eigenvalue weighted by Crippen LogP contribution is -2.34. The largest absolute Gasteiger partial charge is 0.396 e. The van der Waals surface area contributed by atoms with E-state index in [2.05, 4.69) is 18.9 Å². The monoisotopic (exact) mass is 171 g/mol. The summed E-state index contributed by atoms with van der Waals surface area (Å²) < 4.78 is 0. The first-order valence-corrected chi connectivity index (χ1v) is 5.07. The van der Waals surface area contributed by atoms with E-state index in [4.69, 9.17) is 5.11 Å². The first-order valence-electron chi connectivity index (χ1n) is 5.07. The van der Waals surface area contributed by atoms with Gasteiger partial charge >= 0.3 is 0 Å². The molecular weight excluding hydrogens is 150 g/mol. The van der Waals surface area contributed by atoms with Gasteiger partial charge in [-0.2, -0.15) is 0 Å². The molecule has 0 aromatic heterocycles. The average molecular weight is 171 g/mol. The maximum atomic E-state index is 9.13. The summed E-state index contributed by atoms with van der Waals surface area (Å²) in [5.74, 6) is 1.33. The minimum absolute atomic E-state index is 0.380. The Morgan fingerprint density at radius 3 is 2.42 bits per heavy atom. The molecule has 2 nitrogen and oxygen atoms in total. The third-order valence-electron chi connectivity index (χ3n) is 3.19. The van der Waals surface area contributed by atoms with Gasteiger partial charge in [-0.15, -0.1) is 0 Å². The standard InChI is InChI=1S/C10H21NO/c1-3-9(8-12)10-4-6-11(2)7-5-10/h9-10,12H,3-8H2,1-2H3. The SMILES string of the molecule is CCC(CO)C1CCN(C)CC1. The quantitative estimate of drug-likeness (QED) is 0.693. The van der Waals surface area contributed by atoms with Crippen LogP contribution >= 0.6 is 0 Å². The summed E-state index contributed by atoms with van der Waals surface area (Å²) in [6.45, 7) is 4.98. The summed E-state index contributed by atoms with van der Waals surface area (Å²) in [5, 5.41) is 9.13. The van der Waals surface area contributed by atoms with Crippen molar-refractivity contribution < 1.29 is 5.11 Å². The molecule has 0 bridgehead atoms. The minimum atomic E-state index is 0.380. The number of aliphatic hydroxyl groups excluding tert-OH is 1. The minimum Gasteiger partial charge on any atom is -0.396 e. The van der Waals surface area contributed by atoms with Gasteiger partial charge in [0.25, 0.3) is 0 Å². The van der Waals surface area contributed by atoms with Crippen LogP contribution in [-0.4, -0.2) is 36.8 Å². The fraction of sp³-hybridized carbons (Fsp3) is 1.00. The summed E-state index contributed by atoms with van der Waals surface area (Å²) in [7, 11) is 2.18. The van der Waals surface area contributed by atoms with Crippen LogP contribution in [0.3, 0.4) is 0 Å². The van der Waals surface area contributed by atoms with Crippen molar-refractivity contribution in [2.24, 2.45) is 11.8 Å². The highest BCUT2D eigenvalue weighted by Gasteiger charge is 2.23. The van der Waals surface area contributed by atoms with Gasteiger partial charge in [0.15, 0.2) is 0 Å². The molecule has 2 heteroatoms. The van der Waals surface area contributed by atoms with E-state index in [1.54, 1.807) is 0 Å². The highest BCUT2D eigenvalue weighted by molar-refractivity contribution is 4.75. The summed E-state index contributed by atoms with van der Waals surface area (Å²) in [6, 6.07) is 0. The second kappa shape index (κ2) is 4.83. The van der Waals surface area contributed by atoms with Crippen LogP contribution in [0.4, 0.5) is 0 Å². The van der Waals surface area contributed by atoms with Gasteiger partial charge < -0.3 is 10.0 Å². The van der Waals surface area contributed by atoms with Gasteiger partial charge in [-0.25, -0.2) is 0 Å². The van der Waals surface area contributed by atoms with Gasteiger partial charge in [-0.3, -0.25) is 0 Å². The Labute approximate surface area is 75.6 Å². The molecule has 1 saturated heterocycles. The van der Waals surface area contributed by atoms with Crippen molar-refractivity contribution in [1.29, 1.82) is 0 Å². The molecule has 0 amide bonds. The number of rotatable bonds is 3. The normalized spacial score (nSPS) is 24.2. The Morgan fingerprint density at radius 1 is 1.42 bits per heavy atom. The third-order valence-corrected chi connectivity index (χ3v) is 3.19. The maximum Gasteiger partial charge on any atom is 0.0461 e. The van der Waals surface area contributed by atoms with Crippen molar-refractivity contribution in [2.45, 2.75) is 26.2 Å². The fourth-order valence-corrected chi connectivity index (χ4v) is 2.11. The van der Waals surface area contributed by atoms with E-state index in [1.165, 1.54) is 25.9 Å². The van der Waals surface area contributed by atoms with Crippen molar-refractivity contribution in [1.82, 2.24) is 4.90 Å². The summed E-state index contributed by atoms with van der Waals surface area (Å²) in [6.07, 6.45) is 3.68. The first kappa shape index (κ1) is 10.0. The lowest BCUT2D eigenvalue weighted by molar-refractivity contribution is 0.116. The van der Waals surface area contributed by atoms with Crippen molar-refractivity contribution >= 4 is 0 Å². The van der Waals surface area contributed by atoms with Gasteiger partial charge in [0.05, 0.1) is 0 Å². The Balaban J connectivity index is 2.32. The number of likely N-dealkylation sites (tertiary alicyclic amines) is 1. The Morgan fingerprint density at radius 2 is 2.00 bits per heavy atom. The van der Waals surface area contributed by atoms with Crippen LogP contribution in [0, 0.1) is 11.8 Å². The van der Waals surface area contributed by atoms with Crippen molar-refractivity contribution in [3.63, 3.8) is 0 Å². The molecular formula is C10H21NO. The van der Waals surface area contributed by atoms with E-state index in [0.29, 0.717) is 12.5 Å². The van der Waals surface area contributed by atoms with E-state index in [1.807, 2.05) is 0 Å². The lowest BCUT2D eigenvalue weighted by Gasteiger charge is -2.33. The second-order valence-corrected chi connectivity index (χ2v) is 3.99. The molecule has 1 atom stereocenters. The zero-order valence-corrected chi connectivity index (χ0v) is 8.29. The Bertz CT molecular complexity index is 115. The van der Waals surface area contributed by atoms with Crippen LogP contribution < -0.4 is 0 Å². The molecule has 0 aromatic rings. The van der Waals surface area contributed by atoms with Crippen LogP contribution in [0.2, 0.25) is 0 Å². The predicted molar refractivity (Wildman–Crippen MR) is 51.1 cm³/mol. The molecule has 1 rings (SSSR count). The number of piperidine rings is 1. The molecule has 1 fully saturated rings. The molecule has 12 heavy (non-hydrogen) atoms. The van der Waals surface area contributed by atoms with Gasteiger partial charge in [0, 0.05) is 6.61 Å². The Kier molecular flexibility index (Phi) is 4.02. The van der Waals surface area contributed by atoms with Gasteiger partial charge in [0.1, 0.15) is 0 Å². The molecule has 1 aliphatic rings. The number of nitrogens with zero attached hydrogens (tertiary/aromatic N) is 1. The fourth-order valence-electron chi connectivity index (χ4n) is 2.11. The third kappa shape index (κ3) is 2.46. The number of hydrogen-bond donors (Lipinski definition) is 1. The van der Waals surface area contributed by atoms with E-state index in [-0.39, 0.29) is 0 Å². The zero-order chi connectivity index (χ0) is 8.97. The molecule has 0 radical (unpaired) electrons. The highest BCUT2D eigenvalue weighted by Crippen LogP contribution is 2.26. The van der Waals surface area contributed by atoms with Gasteiger partial charge in [-0.1, -0.05) is 13.3 Å². The molecule has 72 valence electrons. The molecule has 0 spiro atoms. The van der Waals surface area contributed by atoms with Crippen LogP contribution in [-0.2, 0) is 0 Å². The molecule has 1 unspecified atom stereocenters. The van der Waals surface area contributed by atoms with Gasteiger partial charge in [-0.05, 0) is 44.8 Å². The molecule has 0 saturated carbocycles. The molecule has 0 aliphatic carbocycles. The number of aliphatic hydroxyl groups is 1. The molecule has 1 N–H and O–H groups in total. The molecule has 1 heterocycles. The molecule has 0 aromatic carbocycles. The second-order valence-electron chi connectivity index (χ2n) is 3.99. The van der Waals surface area contributed by atoms with Crippen LogP contribution in [0.1, 0.15) is 26.2 Å². The van der Waals surface area contributed by atoms with E-state index >= 15 is 0 Å². The van der Waals surface area contributed by atoms with Crippen molar-refractivity contribution in [3.05, 3.63) is 0 Å². The predicted octanol–water partition coefficient (Wildman–Crippen LogP) is 1.35. The highest BCUT2D eigenvalue weighted by atomic mass is 16.3. The van der Waals surface area contributed by atoms with Gasteiger partial charge in [0.2, 0.25) is 0 Å². The average Bonchev–Trinajstić information content (AvgIpc) is 2.10. The van der Waals surface area contributed by atoms with Crippen LogP contribution in [0.25, 0.3) is 0 Å².